The minimum Gasteiger partial charge on any atom is -0.490 e. The van der Waals surface area contributed by atoms with E-state index in [0.29, 0.717) is 33.1 Å². The van der Waals surface area contributed by atoms with Gasteiger partial charge in [0.1, 0.15) is 0 Å². The van der Waals surface area contributed by atoms with Gasteiger partial charge < -0.3 is 15.0 Å². The summed E-state index contributed by atoms with van der Waals surface area (Å²) >= 11 is 18.0. The first kappa shape index (κ1) is 19.0. The van der Waals surface area contributed by atoms with Crippen molar-refractivity contribution in [1.29, 1.82) is 0 Å². The molecule has 4 nitrogen and oxygen atoms in total. The summed E-state index contributed by atoms with van der Waals surface area (Å²) in [5.41, 5.74) is 2.23. The number of nitrogens with zero attached hydrogens (tertiary/aromatic N) is 1. The van der Waals surface area contributed by atoms with Gasteiger partial charge in [0.15, 0.2) is 16.6 Å². The number of Topliss-reactive ketones (excluding diaryl/α,β-unsaturated/α-hetero) is 1. The van der Waals surface area contributed by atoms with Crippen LogP contribution in [0.4, 0.5) is 0 Å². The average Bonchev–Trinajstić information content (AvgIpc) is 2.50. The Kier molecular flexibility index (Phi) is 6.12. The third-order valence-electron chi connectivity index (χ3n) is 3.94. The maximum absolute atomic E-state index is 12.2. The zero-order valence-electron chi connectivity index (χ0n) is 14.1. The molecule has 130 valence electrons. The van der Waals surface area contributed by atoms with E-state index < -0.39 is 0 Å². The summed E-state index contributed by atoms with van der Waals surface area (Å²) in [5, 5.41) is 4.55. The Bertz CT molecular complexity index is 696. The first-order valence-electron chi connectivity index (χ1n) is 7.65. The van der Waals surface area contributed by atoms with Crippen LogP contribution < -0.4 is 10.1 Å². The molecular weight excluding hydrogens is 367 g/mol. The Morgan fingerprint density at radius 1 is 1.38 bits per heavy atom. The molecule has 24 heavy (non-hydrogen) atoms. The van der Waals surface area contributed by atoms with Crippen LogP contribution in [0.3, 0.4) is 0 Å². The van der Waals surface area contributed by atoms with Gasteiger partial charge in [-0.1, -0.05) is 30.1 Å². The van der Waals surface area contributed by atoms with Crippen LogP contribution in [0.2, 0.25) is 10.0 Å². The standard InChI is InChI=1S/C17H20Cl2N2O2S/c1-5-6-23-16-12(18)7-11(8-13(16)19)15-14(10(3)22)9(2)21(4)17(24)20-15/h7-8,15H,5-6H2,1-4H3,(H,20,24). The number of rotatable bonds is 5. The highest BCUT2D eigenvalue weighted by molar-refractivity contribution is 7.80. The minimum absolute atomic E-state index is 0.0297. The van der Waals surface area contributed by atoms with E-state index in [1.54, 1.807) is 17.0 Å². The number of halogens is 2. The second-order valence-electron chi connectivity index (χ2n) is 5.66. The molecule has 1 heterocycles. The van der Waals surface area contributed by atoms with Crippen molar-refractivity contribution in [3.05, 3.63) is 39.0 Å². The van der Waals surface area contributed by atoms with Crippen molar-refractivity contribution in [2.75, 3.05) is 13.7 Å². The van der Waals surface area contributed by atoms with Gasteiger partial charge in [-0.15, -0.1) is 0 Å². The molecule has 0 bridgehead atoms. The second-order valence-corrected chi connectivity index (χ2v) is 6.86. The molecule has 1 atom stereocenters. The second kappa shape index (κ2) is 7.72. The van der Waals surface area contributed by atoms with Gasteiger partial charge in [0.25, 0.3) is 0 Å². The Labute approximate surface area is 157 Å². The van der Waals surface area contributed by atoms with Crippen LogP contribution >= 0.6 is 35.4 Å². The van der Waals surface area contributed by atoms with Gasteiger partial charge in [-0.05, 0) is 50.2 Å². The van der Waals surface area contributed by atoms with Crippen LogP contribution in [0, 0.1) is 0 Å². The first-order valence-corrected chi connectivity index (χ1v) is 8.82. The molecule has 1 unspecified atom stereocenters. The lowest BCUT2D eigenvalue weighted by atomic mass is 9.92. The number of ether oxygens (including phenoxy) is 1. The smallest absolute Gasteiger partial charge is 0.173 e. The van der Waals surface area contributed by atoms with Crippen molar-refractivity contribution in [1.82, 2.24) is 10.2 Å². The average molecular weight is 387 g/mol. The van der Waals surface area contributed by atoms with Crippen LogP contribution in [0.25, 0.3) is 0 Å². The summed E-state index contributed by atoms with van der Waals surface area (Å²) in [6, 6.07) is 3.14. The molecule has 0 amide bonds. The summed E-state index contributed by atoms with van der Waals surface area (Å²) < 4.78 is 5.60. The monoisotopic (exact) mass is 386 g/mol. The molecule has 7 heteroatoms. The maximum Gasteiger partial charge on any atom is 0.173 e. The van der Waals surface area contributed by atoms with Gasteiger partial charge in [-0.25, -0.2) is 0 Å². The molecule has 0 spiro atoms. The molecule has 2 rings (SSSR count). The fraction of sp³-hybridized carbons (Fsp3) is 0.412. The van der Waals surface area contributed by atoms with Gasteiger partial charge >= 0.3 is 0 Å². The molecule has 1 aliphatic rings. The molecule has 1 N–H and O–H groups in total. The third kappa shape index (κ3) is 3.68. The fourth-order valence-corrected chi connectivity index (χ4v) is 3.50. The maximum atomic E-state index is 12.2. The van der Waals surface area contributed by atoms with E-state index in [-0.39, 0.29) is 11.8 Å². The summed E-state index contributed by atoms with van der Waals surface area (Å²) in [6.45, 7) is 5.95. The van der Waals surface area contributed by atoms with Crippen LogP contribution in [-0.4, -0.2) is 29.5 Å². The van der Waals surface area contributed by atoms with E-state index in [1.165, 1.54) is 6.92 Å². The highest BCUT2D eigenvalue weighted by Gasteiger charge is 2.31. The lowest BCUT2D eigenvalue weighted by Gasteiger charge is -2.35. The highest BCUT2D eigenvalue weighted by Crippen LogP contribution is 2.39. The number of carbonyl (C=O) groups excluding carboxylic acids is 1. The topological polar surface area (TPSA) is 41.6 Å². The van der Waals surface area contributed by atoms with E-state index in [2.05, 4.69) is 5.32 Å². The molecule has 0 aliphatic carbocycles. The number of allylic oxidation sites excluding steroid dienone is 1. The van der Waals surface area contributed by atoms with Crippen molar-refractivity contribution >= 4 is 46.3 Å². The molecule has 0 saturated carbocycles. The summed E-state index contributed by atoms with van der Waals surface area (Å²) in [7, 11) is 1.82. The Morgan fingerprint density at radius 3 is 2.46 bits per heavy atom. The number of hydrogen-bond donors (Lipinski definition) is 1. The molecule has 1 aromatic rings. The summed E-state index contributed by atoms with van der Waals surface area (Å²) in [6.07, 6.45) is 0.857. The van der Waals surface area contributed by atoms with Gasteiger partial charge in [0.05, 0.1) is 22.7 Å². The highest BCUT2D eigenvalue weighted by atomic mass is 35.5. The SMILES string of the molecule is CCCOc1c(Cl)cc(C2NC(=S)N(C)C(C)=C2C(C)=O)cc1Cl. The summed E-state index contributed by atoms with van der Waals surface area (Å²) in [4.78, 5) is 13.9. The van der Waals surface area contributed by atoms with Crippen molar-refractivity contribution in [2.24, 2.45) is 0 Å². The molecule has 0 saturated heterocycles. The van der Waals surface area contributed by atoms with Crippen LogP contribution in [0.1, 0.15) is 38.8 Å². The number of carbonyl (C=O) groups is 1. The Morgan fingerprint density at radius 2 is 1.96 bits per heavy atom. The van der Waals surface area contributed by atoms with Crippen LogP contribution in [0.15, 0.2) is 23.4 Å². The third-order valence-corrected chi connectivity index (χ3v) is 4.89. The predicted molar refractivity (Wildman–Crippen MR) is 102 cm³/mol. The number of ketones is 1. The molecule has 0 aromatic heterocycles. The number of nitrogens with one attached hydrogen (secondary N) is 1. The van der Waals surface area contributed by atoms with Crippen molar-refractivity contribution in [2.45, 2.75) is 33.2 Å². The van der Waals surface area contributed by atoms with Gasteiger partial charge in [-0.2, -0.15) is 0 Å². The van der Waals surface area contributed by atoms with E-state index in [1.807, 2.05) is 20.9 Å². The van der Waals surface area contributed by atoms with E-state index in [0.717, 1.165) is 17.7 Å². The van der Waals surface area contributed by atoms with Crippen LogP contribution in [-0.2, 0) is 4.79 Å². The molecule has 1 aromatic carbocycles. The van der Waals surface area contributed by atoms with E-state index in [9.17, 15) is 4.79 Å². The van der Waals surface area contributed by atoms with Gasteiger partial charge in [0, 0.05) is 18.3 Å². The molecular formula is C17H20Cl2N2O2S. The van der Waals surface area contributed by atoms with Crippen molar-refractivity contribution in [3.8, 4) is 5.75 Å². The van der Waals surface area contributed by atoms with E-state index >= 15 is 0 Å². The van der Waals surface area contributed by atoms with Gasteiger partial charge in [0.2, 0.25) is 0 Å². The van der Waals surface area contributed by atoms with Crippen molar-refractivity contribution in [3.63, 3.8) is 0 Å². The predicted octanol–water partition coefficient (Wildman–Crippen LogP) is 4.51. The lowest BCUT2D eigenvalue weighted by Crippen LogP contribution is -2.45. The number of thiocarbonyl (C=S) groups is 1. The first-order chi connectivity index (χ1) is 11.3. The van der Waals surface area contributed by atoms with Crippen LogP contribution in [0.5, 0.6) is 5.75 Å². The lowest BCUT2D eigenvalue weighted by molar-refractivity contribution is -0.114. The number of benzene rings is 1. The molecule has 0 radical (unpaired) electrons. The Balaban J connectivity index is 2.50. The van der Waals surface area contributed by atoms with Gasteiger partial charge in [-0.3, -0.25) is 4.79 Å². The minimum atomic E-state index is -0.388. The quantitative estimate of drug-likeness (QED) is 0.754. The normalized spacial score (nSPS) is 17.8. The number of hydrogen-bond acceptors (Lipinski definition) is 3. The zero-order chi connectivity index (χ0) is 18.0. The van der Waals surface area contributed by atoms with Crippen molar-refractivity contribution < 1.29 is 9.53 Å². The molecule has 0 fully saturated rings. The summed E-state index contributed by atoms with van der Waals surface area (Å²) in [5.74, 6) is 0.433. The fourth-order valence-electron chi connectivity index (χ4n) is 2.63. The molecule has 1 aliphatic heterocycles. The largest absolute Gasteiger partial charge is 0.490 e. The van der Waals surface area contributed by atoms with E-state index in [4.69, 9.17) is 40.2 Å². The Hall–Kier alpha value is -1.30. The zero-order valence-corrected chi connectivity index (χ0v) is 16.4.